The van der Waals surface area contributed by atoms with Crippen molar-refractivity contribution in [2.24, 2.45) is 0 Å². The molecule has 1 aliphatic heterocycles. The first-order valence-corrected chi connectivity index (χ1v) is 7.17. The van der Waals surface area contributed by atoms with Crippen molar-refractivity contribution in [3.8, 4) is 11.4 Å². The van der Waals surface area contributed by atoms with Crippen LogP contribution in [0.4, 0.5) is 0 Å². The molecule has 3 aromatic rings. The van der Waals surface area contributed by atoms with E-state index < -0.39 is 0 Å². The summed E-state index contributed by atoms with van der Waals surface area (Å²) in [6.07, 6.45) is 1.76. The highest BCUT2D eigenvalue weighted by molar-refractivity contribution is 5.89. The lowest BCUT2D eigenvalue weighted by Gasteiger charge is -2.25. The second-order valence-electron chi connectivity index (χ2n) is 5.26. The highest BCUT2D eigenvalue weighted by Crippen LogP contribution is 2.24. The molecule has 108 valence electrons. The lowest BCUT2D eigenvalue weighted by Crippen LogP contribution is -2.35. The predicted molar refractivity (Wildman–Crippen MR) is 79.8 cm³/mol. The van der Waals surface area contributed by atoms with Gasteiger partial charge in [-0.1, -0.05) is 0 Å². The molecule has 2 N–H and O–H groups in total. The number of morpholine rings is 1. The largest absolute Gasteiger partial charge is 0.379 e. The zero-order chi connectivity index (χ0) is 14.1. The Labute approximate surface area is 122 Å². The summed E-state index contributed by atoms with van der Waals surface area (Å²) in [4.78, 5) is 10.1. The van der Waals surface area contributed by atoms with Crippen LogP contribution in [-0.2, 0) is 11.3 Å². The van der Waals surface area contributed by atoms with Crippen molar-refractivity contribution in [3.63, 3.8) is 0 Å². The Kier molecular flexibility index (Phi) is 3.17. The fourth-order valence-electron chi connectivity index (χ4n) is 2.73. The average molecular weight is 283 g/mol. The number of fused-ring (bicyclic) bond motifs is 1. The molecule has 0 aliphatic carbocycles. The zero-order valence-corrected chi connectivity index (χ0v) is 11.7. The Morgan fingerprint density at radius 2 is 2.10 bits per heavy atom. The van der Waals surface area contributed by atoms with Crippen molar-refractivity contribution in [2.75, 3.05) is 26.3 Å². The summed E-state index contributed by atoms with van der Waals surface area (Å²) >= 11 is 0. The van der Waals surface area contributed by atoms with Gasteiger partial charge in [0.05, 0.1) is 24.6 Å². The number of rotatable bonds is 3. The lowest BCUT2D eigenvalue weighted by molar-refractivity contribution is 0.0337. The monoisotopic (exact) mass is 283 g/mol. The quantitative estimate of drug-likeness (QED) is 0.769. The fraction of sp³-hybridized carbons (Fsp3) is 0.333. The zero-order valence-electron chi connectivity index (χ0n) is 11.7. The molecule has 1 saturated heterocycles. The van der Waals surface area contributed by atoms with Crippen LogP contribution in [0, 0.1) is 0 Å². The van der Waals surface area contributed by atoms with E-state index in [0.29, 0.717) is 0 Å². The Hall–Kier alpha value is -2.18. The molecule has 1 fully saturated rings. The van der Waals surface area contributed by atoms with Crippen molar-refractivity contribution >= 4 is 11.0 Å². The summed E-state index contributed by atoms with van der Waals surface area (Å²) in [6.45, 7) is 4.55. The minimum atomic E-state index is 0.747. The van der Waals surface area contributed by atoms with Crippen molar-refractivity contribution in [2.45, 2.75) is 6.54 Å². The van der Waals surface area contributed by atoms with E-state index in [4.69, 9.17) is 4.74 Å². The first kappa shape index (κ1) is 12.6. The van der Waals surface area contributed by atoms with Gasteiger partial charge >= 0.3 is 0 Å². The Morgan fingerprint density at radius 1 is 1.19 bits per heavy atom. The lowest BCUT2D eigenvalue weighted by atomic mass is 10.2. The van der Waals surface area contributed by atoms with Gasteiger partial charge in [0.1, 0.15) is 0 Å². The number of hydrogen-bond donors (Lipinski definition) is 2. The van der Waals surface area contributed by atoms with Crippen molar-refractivity contribution < 1.29 is 4.74 Å². The maximum Gasteiger partial charge on any atom is 0.181 e. The Morgan fingerprint density at radius 3 is 3.00 bits per heavy atom. The number of hydrogen-bond acceptors (Lipinski definition) is 4. The topological polar surface area (TPSA) is 69.8 Å². The summed E-state index contributed by atoms with van der Waals surface area (Å²) < 4.78 is 5.38. The molecule has 4 rings (SSSR count). The minimum absolute atomic E-state index is 0.747. The molecule has 0 saturated carbocycles. The Balaban J connectivity index is 1.59. The molecule has 0 atom stereocenters. The van der Waals surface area contributed by atoms with Gasteiger partial charge in [-0.05, 0) is 24.3 Å². The fourth-order valence-corrected chi connectivity index (χ4v) is 2.73. The van der Waals surface area contributed by atoms with Crippen LogP contribution in [0.1, 0.15) is 5.69 Å². The second kappa shape index (κ2) is 5.31. The highest BCUT2D eigenvalue weighted by atomic mass is 16.5. The number of aromatic amines is 2. The molecule has 1 aliphatic rings. The maximum atomic E-state index is 5.38. The SMILES string of the molecule is c1cnc2n[nH]c(-c3ccc(CN4CCOCC4)[nH]3)c2c1. The molecule has 0 radical (unpaired) electrons. The number of H-pyrrole nitrogens is 2. The van der Waals surface area contributed by atoms with Crippen LogP contribution < -0.4 is 0 Å². The number of nitrogens with zero attached hydrogens (tertiary/aromatic N) is 3. The summed E-state index contributed by atoms with van der Waals surface area (Å²) in [6, 6.07) is 8.19. The Bertz CT molecular complexity index is 741. The molecule has 6 nitrogen and oxygen atoms in total. The maximum absolute atomic E-state index is 5.38. The van der Waals surface area contributed by atoms with Gasteiger partial charge in [0.25, 0.3) is 0 Å². The number of nitrogens with one attached hydrogen (secondary N) is 2. The third kappa shape index (κ3) is 2.43. The van der Waals surface area contributed by atoms with Gasteiger partial charge in [-0.25, -0.2) is 4.98 Å². The number of aromatic nitrogens is 4. The van der Waals surface area contributed by atoms with Gasteiger partial charge in [-0.15, -0.1) is 0 Å². The van der Waals surface area contributed by atoms with Crippen molar-refractivity contribution in [1.82, 2.24) is 25.1 Å². The van der Waals surface area contributed by atoms with E-state index in [1.807, 2.05) is 12.1 Å². The molecule has 3 aromatic heterocycles. The van der Waals surface area contributed by atoms with Gasteiger partial charge in [0.15, 0.2) is 5.65 Å². The van der Waals surface area contributed by atoms with Crippen LogP contribution in [0.5, 0.6) is 0 Å². The summed E-state index contributed by atoms with van der Waals surface area (Å²) in [5, 5.41) is 8.35. The van der Waals surface area contributed by atoms with E-state index in [1.165, 1.54) is 5.69 Å². The van der Waals surface area contributed by atoms with Crippen molar-refractivity contribution in [1.29, 1.82) is 0 Å². The molecular weight excluding hydrogens is 266 g/mol. The van der Waals surface area contributed by atoms with Gasteiger partial charge in [-0.2, -0.15) is 5.10 Å². The van der Waals surface area contributed by atoms with Gasteiger partial charge < -0.3 is 9.72 Å². The number of ether oxygens (including phenoxy) is 1. The standard InChI is InChI=1S/C15H17N5O/c1-2-12-14(18-19-15(12)16-5-1)13-4-3-11(17-13)10-20-6-8-21-9-7-20/h1-5,17H,6-10H2,(H,16,18,19). The van der Waals surface area contributed by atoms with Gasteiger partial charge in [-0.3, -0.25) is 10.00 Å². The minimum Gasteiger partial charge on any atom is -0.379 e. The smallest absolute Gasteiger partial charge is 0.181 e. The third-order valence-corrected chi connectivity index (χ3v) is 3.84. The average Bonchev–Trinajstić information content (AvgIpc) is 3.14. The summed E-state index contributed by atoms with van der Waals surface area (Å²) in [5.41, 5.74) is 4.00. The normalized spacial score (nSPS) is 16.6. The van der Waals surface area contributed by atoms with E-state index in [-0.39, 0.29) is 0 Å². The molecule has 0 spiro atoms. The van der Waals surface area contributed by atoms with E-state index in [0.717, 1.165) is 55.3 Å². The second-order valence-corrected chi connectivity index (χ2v) is 5.26. The number of pyridine rings is 1. The van der Waals surface area contributed by atoms with E-state index >= 15 is 0 Å². The first-order chi connectivity index (χ1) is 10.4. The first-order valence-electron chi connectivity index (χ1n) is 7.17. The summed E-state index contributed by atoms with van der Waals surface area (Å²) in [5.74, 6) is 0. The van der Waals surface area contributed by atoms with E-state index in [9.17, 15) is 0 Å². The van der Waals surface area contributed by atoms with Crippen LogP contribution in [-0.4, -0.2) is 51.4 Å². The molecule has 0 aromatic carbocycles. The molecule has 0 amide bonds. The predicted octanol–water partition coefficient (Wildman–Crippen LogP) is 1.79. The molecule has 0 unspecified atom stereocenters. The van der Waals surface area contributed by atoms with Crippen LogP contribution in [0.3, 0.4) is 0 Å². The highest BCUT2D eigenvalue weighted by Gasteiger charge is 2.13. The van der Waals surface area contributed by atoms with Gasteiger partial charge in [0.2, 0.25) is 0 Å². The van der Waals surface area contributed by atoms with E-state index in [2.05, 4.69) is 37.2 Å². The van der Waals surface area contributed by atoms with E-state index in [1.54, 1.807) is 6.20 Å². The van der Waals surface area contributed by atoms with Gasteiger partial charge in [0, 0.05) is 36.9 Å². The van der Waals surface area contributed by atoms with Crippen LogP contribution in [0.2, 0.25) is 0 Å². The molecule has 6 heteroatoms. The molecule has 4 heterocycles. The molecular formula is C15H17N5O. The van der Waals surface area contributed by atoms with Crippen LogP contribution in [0.25, 0.3) is 22.4 Å². The van der Waals surface area contributed by atoms with Crippen molar-refractivity contribution in [3.05, 3.63) is 36.2 Å². The van der Waals surface area contributed by atoms with Crippen LogP contribution >= 0.6 is 0 Å². The molecule has 21 heavy (non-hydrogen) atoms. The third-order valence-electron chi connectivity index (χ3n) is 3.84. The van der Waals surface area contributed by atoms with Crippen LogP contribution in [0.15, 0.2) is 30.5 Å². The summed E-state index contributed by atoms with van der Waals surface area (Å²) in [7, 11) is 0. The molecule has 0 bridgehead atoms.